The summed E-state index contributed by atoms with van der Waals surface area (Å²) in [6, 6.07) is 12.1. The number of aryl methyl sites for hydroxylation is 1. The molecular weight excluding hydrogens is 238 g/mol. The summed E-state index contributed by atoms with van der Waals surface area (Å²) < 4.78 is 5.96. The molecule has 4 nitrogen and oxygen atoms in total. The number of aromatic nitrogens is 2. The maximum Gasteiger partial charge on any atom is 0.233 e. The molecule has 0 aliphatic carbocycles. The lowest BCUT2D eigenvalue weighted by atomic mass is 10.1. The molecule has 0 saturated carbocycles. The number of aromatic amines is 1. The number of nitrogens with one attached hydrogen (secondary N) is 2. The van der Waals surface area contributed by atoms with E-state index in [0.29, 0.717) is 5.88 Å². The molecule has 1 heterocycles. The molecule has 4 heteroatoms. The minimum atomic E-state index is -0.0181. The second kappa shape index (κ2) is 6.95. The Morgan fingerprint density at radius 3 is 2.74 bits per heavy atom. The number of ether oxygens (including phenoxy) is 1. The van der Waals surface area contributed by atoms with Crippen LogP contribution in [-0.4, -0.2) is 23.3 Å². The number of hydrogen-bond acceptors (Lipinski definition) is 3. The molecule has 102 valence electrons. The summed E-state index contributed by atoms with van der Waals surface area (Å²) in [5.41, 5.74) is 2.16. The van der Waals surface area contributed by atoms with Crippen molar-refractivity contribution in [1.29, 1.82) is 0 Å². The van der Waals surface area contributed by atoms with Crippen LogP contribution in [0.5, 0.6) is 5.88 Å². The largest absolute Gasteiger partial charge is 0.467 e. The summed E-state index contributed by atoms with van der Waals surface area (Å²) in [5.74, 6) is 0.643. The Kier molecular flexibility index (Phi) is 4.98. The van der Waals surface area contributed by atoms with Gasteiger partial charge in [-0.25, -0.2) is 0 Å². The Bertz CT molecular complexity index is 481. The van der Waals surface area contributed by atoms with Gasteiger partial charge < -0.3 is 10.1 Å². The van der Waals surface area contributed by atoms with E-state index in [1.165, 1.54) is 0 Å². The van der Waals surface area contributed by atoms with E-state index >= 15 is 0 Å². The van der Waals surface area contributed by atoms with Gasteiger partial charge in [0.25, 0.3) is 0 Å². The molecule has 0 bridgehead atoms. The minimum absolute atomic E-state index is 0.0181. The molecule has 2 aromatic rings. The van der Waals surface area contributed by atoms with Crippen molar-refractivity contribution in [3.8, 4) is 5.88 Å². The highest BCUT2D eigenvalue weighted by Crippen LogP contribution is 2.20. The van der Waals surface area contributed by atoms with E-state index in [1.807, 2.05) is 31.2 Å². The SMILES string of the molecule is CCCNCC(Oc1cc(C)[nH]n1)c1ccccc1. The Morgan fingerprint density at radius 1 is 1.32 bits per heavy atom. The van der Waals surface area contributed by atoms with Crippen molar-refractivity contribution in [2.45, 2.75) is 26.4 Å². The molecule has 1 aromatic carbocycles. The van der Waals surface area contributed by atoms with Gasteiger partial charge in [-0.15, -0.1) is 5.10 Å². The van der Waals surface area contributed by atoms with Gasteiger partial charge in [0.15, 0.2) is 0 Å². The topological polar surface area (TPSA) is 49.9 Å². The maximum atomic E-state index is 5.96. The summed E-state index contributed by atoms with van der Waals surface area (Å²) in [4.78, 5) is 0. The van der Waals surface area contributed by atoms with Crippen molar-refractivity contribution in [2.75, 3.05) is 13.1 Å². The van der Waals surface area contributed by atoms with E-state index in [0.717, 1.165) is 30.8 Å². The summed E-state index contributed by atoms with van der Waals surface area (Å²) in [6.07, 6.45) is 1.10. The van der Waals surface area contributed by atoms with Crippen LogP contribution in [0, 0.1) is 6.92 Å². The molecule has 0 fully saturated rings. The third kappa shape index (κ3) is 4.10. The fraction of sp³-hybridized carbons (Fsp3) is 0.400. The lowest BCUT2D eigenvalue weighted by Crippen LogP contribution is -2.25. The van der Waals surface area contributed by atoms with Crippen LogP contribution in [0.15, 0.2) is 36.4 Å². The fourth-order valence-corrected chi connectivity index (χ4v) is 1.90. The van der Waals surface area contributed by atoms with Gasteiger partial charge in [0.2, 0.25) is 5.88 Å². The van der Waals surface area contributed by atoms with Gasteiger partial charge in [-0.2, -0.15) is 0 Å². The van der Waals surface area contributed by atoms with E-state index in [4.69, 9.17) is 4.74 Å². The van der Waals surface area contributed by atoms with Crippen LogP contribution in [0.4, 0.5) is 0 Å². The van der Waals surface area contributed by atoms with Crippen molar-refractivity contribution in [1.82, 2.24) is 15.5 Å². The summed E-state index contributed by atoms with van der Waals surface area (Å²) >= 11 is 0. The van der Waals surface area contributed by atoms with Crippen molar-refractivity contribution >= 4 is 0 Å². The van der Waals surface area contributed by atoms with Gasteiger partial charge in [0, 0.05) is 18.3 Å². The van der Waals surface area contributed by atoms with Crippen LogP contribution in [0.2, 0.25) is 0 Å². The van der Waals surface area contributed by atoms with Crippen molar-refractivity contribution in [3.63, 3.8) is 0 Å². The highest BCUT2D eigenvalue weighted by Gasteiger charge is 2.14. The predicted octanol–water partition coefficient (Wildman–Crippen LogP) is 2.84. The van der Waals surface area contributed by atoms with Gasteiger partial charge >= 0.3 is 0 Å². The quantitative estimate of drug-likeness (QED) is 0.752. The molecule has 19 heavy (non-hydrogen) atoms. The predicted molar refractivity (Wildman–Crippen MR) is 76.3 cm³/mol. The molecule has 0 amide bonds. The molecule has 1 aromatic heterocycles. The van der Waals surface area contributed by atoms with E-state index in [1.54, 1.807) is 0 Å². The highest BCUT2D eigenvalue weighted by atomic mass is 16.5. The van der Waals surface area contributed by atoms with Gasteiger partial charge in [0.05, 0.1) is 0 Å². The molecule has 2 rings (SSSR count). The monoisotopic (exact) mass is 259 g/mol. The Hall–Kier alpha value is -1.81. The standard InChI is InChI=1S/C15H21N3O/c1-3-9-16-11-14(13-7-5-4-6-8-13)19-15-10-12(2)17-18-15/h4-8,10,14,16H,3,9,11H2,1-2H3,(H,17,18). The fourth-order valence-electron chi connectivity index (χ4n) is 1.90. The number of H-pyrrole nitrogens is 1. The lowest BCUT2D eigenvalue weighted by molar-refractivity contribution is 0.193. The average molecular weight is 259 g/mol. The van der Waals surface area contributed by atoms with Crippen LogP contribution in [-0.2, 0) is 0 Å². The third-order valence-corrected chi connectivity index (χ3v) is 2.87. The maximum absolute atomic E-state index is 5.96. The Morgan fingerprint density at radius 2 is 2.11 bits per heavy atom. The molecular formula is C15H21N3O. The Balaban J connectivity index is 2.05. The molecule has 1 unspecified atom stereocenters. The summed E-state index contributed by atoms with van der Waals surface area (Å²) in [6.45, 7) is 5.89. The molecule has 0 aliphatic rings. The number of benzene rings is 1. The molecule has 0 aliphatic heterocycles. The first kappa shape index (κ1) is 13.6. The minimum Gasteiger partial charge on any atom is -0.467 e. The first-order valence-corrected chi connectivity index (χ1v) is 6.74. The van der Waals surface area contributed by atoms with Gasteiger partial charge in [-0.1, -0.05) is 37.3 Å². The van der Waals surface area contributed by atoms with E-state index < -0.39 is 0 Å². The van der Waals surface area contributed by atoms with Crippen molar-refractivity contribution < 1.29 is 4.74 Å². The number of hydrogen-bond donors (Lipinski definition) is 2. The van der Waals surface area contributed by atoms with Crippen LogP contribution in [0.3, 0.4) is 0 Å². The zero-order valence-electron chi connectivity index (χ0n) is 11.5. The van der Waals surface area contributed by atoms with E-state index in [-0.39, 0.29) is 6.10 Å². The molecule has 1 atom stereocenters. The van der Waals surface area contributed by atoms with Gasteiger partial charge in [-0.05, 0) is 25.5 Å². The zero-order valence-corrected chi connectivity index (χ0v) is 11.5. The number of rotatable bonds is 7. The normalized spacial score (nSPS) is 12.3. The van der Waals surface area contributed by atoms with Gasteiger partial charge in [0.1, 0.15) is 6.10 Å². The van der Waals surface area contributed by atoms with Gasteiger partial charge in [-0.3, -0.25) is 5.10 Å². The summed E-state index contributed by atoms with van der Waals surface area (Å²) in [5, 5.41) is 10.4. The van der Waals surface area contributed by atoms with E-state index in [2.05, 4.69) is 34.6 Å². The number of nitrogens with zero attached hydrogens (tertiary/aromatic N) is 1. The smallest absolute Gasteiger partial charge is 0.233 e. The average Bonchev–Trinajstić information content (AvgIpc) is 2.84. The van der Waals surface area contributed by atoms with Crippen molar-refractivity contribution in [3.05, 3.63) is 47.7 Å². The van der Waals surface area contributed by atoms with Crippen LogP contribution in [0.25, 0.3) is 0 Å². The second-order valence-corrected chi connectivity index (χ2v) is 4.61. The van der Waals surface area contributed by atoms with E-state index in [9.17, 15) is 0 Å². The first-order chi connectivity index (χ1) is 9.29. The summed E-state index contributed by atoms with van der Waals surface area (Å²) in [7, 11) is 0. The van der Waals surface area contributed by atoms with Crippen LogP contribution in [0.1, 0.15) is 30.7 Å². The lowest BCUT2D eigenvalue weighted by Gasteiger charge is -2.18. The zero-order chi connectivity index (χ0) is 13.5. The third-order valence-electron chi connectivity index (χ3n) is 2.87. The van der Waals surface area contributed by atoms with Crippen LogP contribution < -0.4 is 10.1 Å². The molecule has 2 N–H and O–H groups in total. The molecule has 0 spiro atoms. The second-order valence-electron chi connectivity index (χ2n) is 4.61. The van der Waals surface area contributed by atoms with Crippen LogP contribution >= 0.6 is 0 Å². The first-order valence-electron chi connectivity index (χ1n) is 6.74. The van der Waals surface area contributed by atoms with Crippen molar-refractivity contribution in [2.24, 2.45) is 0 Å². The highest BCUT2D eigenvalue weighted by molar-refractivity contribution is 5.20. The molecule has 0 saturated heterocycles. The molecule has 0 radical (unpaired) electrons. The Labute approximate surface area is 114 Å².